The molecule has 3 N–H and O–H groups in total. The van der Waals surface area contributed by atoms with Crippen LogP contribution in [0.15, 0.2) is 18.5 Å². The number of aryl methyl sites for hydroxylation is 1. The van der Waals surface area contributed by atoms with Crippen LogP contribution in [0.3, 0.4) is 0 Å². The van der Waals surface area contributed by atoms with Crippen molar-refractivity contribution in [1.29, 1.82) is 0 Å². The molecule has 2 rings (SSSR count). The highest BCUT2D eigenvalue weighted by Gasteiger charge is 2.27. The summed E-state index contributed by atoms with van der Waals surface area (Å²) in [6, 6.07) is 2.33. The minimum atomic E-state index is -0.0527. The van der Waals surface area contributed by atoms with Gasteiger partial charge in [-0.25, -0.2) is 0 Å². The first-order valence-electron chi connectivity index (χ1n) is 5.13. The maximum atomic E-state index is 11.7. The summed E-state index contributed by atoms with van der Waals surface area (Å²) in [6.45, 7) is 1.92. The van der Waals surface area contributed by atoms with Gasteiger partial charge in [0.25, 0.3) is 5.91 Å². The molecule has 0 atom stereocenters. The molecule has 0 aliphatic heterocycles. The first kappa shape index (κ1) is 10.1. The second-order valence-electron chi connectivity index (χ2n) is 4.15. The fraction of sp³-hybridized carbons (Fsp3) is 0.455. The van der Waals surface area contributed by atoms with Crippen molar-refractivity contribution in [2.45, 2.75) is 31.8 Å². The van der Waals surface area contributed by atoms with Crippen LogP contribution < -0.4 is 11.1 Å². The third-order valence-corrected chi connectivity index (χ3v) is 2.65. The number of carbonyl (C=O) groups excluding carboxylic acids is 1. The molecule has 0 spiro atoms. The van der Waals surface area contributed by atoms with E-state index in [9.17, 15) is 4.79 Å². The van der Waals surface area contributed by atoms with Crippen molar-refractivity contribution in [1.82, 2.24) is 10.3 Å². The van der Waals surface area contributed by atoms with E-state index in [-0.39, 0.29) is 18.0 Å². The molecular weight excluding hydrogens is 190 g/mol. The van der Waals surface area contributed by atoms with Gasteiger partial charge in [0.05, 0.1) is 5.56 Å². The highest BCUT2D eigenvalue weighted by atomic mass is 16.1. The summed E-state index contributed by atoms with van der Waals surface area (Å²) in [7, 11) is 0. The average Bonchev–Trinajstić information content (AvgIpc) is 2.15. The highest BCUT2D eigenvalue weighted by molar-refractivity contribution is 5.94. The van der Waals surface area contributed by atoms with Crippen molar-refractivity contribution in [3.8, 4) is 0 Å². The van der Waals surface area contributed by atoms with Gasteiger partial charge in [-0.2, -0.15) is 0 Å². The van der Waals surface area contributed by atoms with E-state index in [0.29, 0.717) is 5.56 Å². The quantitative estimate of drug-likeness (QED) is 0.743. The van der Waals surface area contributed by atoms with Crippen molar-refractivity contribution >= 4 is 5.91 Å². The lowest BCUT2D eigenvalue weighted by Gasteiger charge is -2.32. The number of rotatable bonds is 2. The predicted molar refractivity (Wildman–Crippen MR) is 57.4 cm³/mol. The Morgan fingerprint density at radius 1 is 1.53 bits per heavy atom. The molecule has 1 aliphatic rings. The number of pyridine rings is 1. The van der Waals surface area contributed by atoms with Gasteiger partial charge >= 0.3 is 0 Å². The van der Waals surface area contributed by atoms with E-state index in [2.05, 4.69) is 10.3 Å². The zero-order valence-corrected chi connectivity index (χ0v) is 8.73. The van der Waals surface area contributed by atoms with Gasteiger partial charge in [0.1, 0.15) is 0 Å². The van der Waals surface area contributed by atoms with Crippen LogP contribution in [0, 0.1) is 6.92 Å². The standard InChI is InChI=1S/C11H15N3O/c1-7-2-8(6-13-5-7)11(15)14-10-3-9(12)4-10/h2,5-6,9-10H,3-4,12H2,1H3,(H,14,15). The van der Waals surface area contributed by atoms with Gasteiger partial charge in [0, 0.05) is 24.5 Å². The zero-order chi connectivity index (χ0) is 10.8. The van der Waals surface area contributed by atoms with Gasteiger partial charge in [-0.15, -0.1) is 0 Å². The van der Waals surface area contributed by atoms with Crippen molar-refractivity contribution in [2.24, 2.45) is 5.73 Å². The number of carbonyl (C=O) groups is 1. The third kappa shape index (κ3) is 2.33. The molecule has 1 fully saturated rings. The number of nitrogens with zero attached hydrogens (tertiary/aromatic N) is 1. The highest BCUT2D eigenvalue weighted by Crippen LogP contribution is 2.17. The molecule has 4 heteroatoms. The monoisotopic (exact) mass is 205 g/mol. The molecule has 0 radical (unpaired) electrons. The van der Waals surface area contributed by atoms with E-state index in [1.807, 2.05) is 13.0 Å². The maximum absolute atomic E-state index is 11.7. The molecule has 0 bridgehead atoms. The lowest BCUT2D eigenvalue weighted by Crippen LogP contribution is -2.50. The summed E-state index contributed by atoms with van der Waals surface area (Å²) in [5.74, 6) is -0.0527. The lowest BCUT2D eigenvalue weighted by atomic mass is 9.87. The summed E-state index contributed by atoms with van der Waals surface area (Å²) in [5, 5.41) is 2.93. The van der Waals surface area contributed by atoms with Gasteiger partial charge in [0.15, 0.2) is 0 Å². The Hall–Kier alpha value is -1.42. The summed E-state index contributed by atoms with van der Waals surface area (Å²) < 4.78 is 0. The van der Waals surface area contributed by atoms with E-state index in [1.54, 1.807) is 12.4 Å². The molecule has 0 aromatic carbocycles. The number of hydrogen-bond donors (Lipinski definition) is 2. The Kier molecular flexibility index (Phi) is 2.68. The molecule has 1 aromatic rings. The first-order chi connectivity index (χ1) is 7.15. The van der Waals surface area contributed by atoms with Crippen molar-refractivity contribution in [3.05, 3.63) is 29.6 Å². The van der Waals surface area contributed by atoms with E-state index >= 15 is 0 Å². The second kappa shape index (κ2) is 3.98. The Balaban J connectivity index is 1.96. The summed E-state index contributed by atoms with van der Waals surface area (Å²) in [5.41, 5.74) is 7.26. The molecule has 1 amide bonds. The van der Waals surface area contributed by atoms with E-state index in [4.69, 9.17) is 5.73 Å². The lowest BCUT2D eigenvalue weighted by molar-refractivity contribution is 0.0910. The van der Waals surface area contributed by atoms with Crippen LogP contribution in [0.5, 0.6) is 0 Å². The van der Waals surface area contributed by atoms with Crippen LogP contribution in [0.2, 0.25) is 0 Å². The number of amides is 1. The molecular formula is C11H15N3O. The molecule has 1 saturated carbocycles. The second-order valence-corrected chi connectivity index (χ2v) is 4.15. The molecule has 80 valence electrons. The largest absolute Gasteiger partial charge is 0.349 e. The minimum absolute atomic E-state index is 0.0527. The predicted octanol–water partition coefficient (Wildman–Crippen LogP) is 0.610. The topological polar surface area (TPSA) is 68.0 Å². The minimum Gasteiger partial charge on any atom is -0.349 e. The van der Waals surface area contributed by atoms with Crippen LogP contribution >= 0.6 is 0 Å². The van der Waals surface area contributed by atoms with Crippen LogP contribution in [-0.4, -0.2) is 23.0 Å². The Morgan fingerprint density at radius 3 is 2.87 bits per heavy atom. The molecule has 0 saturated heterocycles. The molecule has 1 aliphatic carbocycles. The first-order valence-corrected chi connectivity index (χ1v) is 5.13. The van der Waals surface area contributed by atoms with Gasteiger partial charge in [-0.05, 0) is 31.4 Å². The smallest absolute Gasteiger partial charge is 0.253 e. The fourth-order valence-corrected chi connectivity index (χ4v) is 1.73. The van der Waals surface area contributed by atoms with Gasteiger partial charge < -0.3 is 11.1 Å². The Labute approximate surface area is 88.9 Å². The zero-order valence-electron chi connectivity index (χ0n) is 8.73. The van der Waals surface area contributed by atoms with Crippen molar-refractivity contribution in [2.75, 3.05) is 0 Å². The Bertz CT molecular complexity index is 372. The SMILES string of the molecule is Cc1cncc(C(=O)NC2CC(N)C2)c1. The van der Waals surface area contributed by atoms with Crippen LogP contribution in [0.4, 0.5) is 0 Å². The van der Waals surface area contributed by atoms with Crippen LogP contribution in [0.1, 0.15) is 28.8 Å². The van der Waals surface area contributed by atoms with E-state index < -0.39 is 0 Å². The third-order valence-electron chi connectivity index (χ3n) is 2.65. The fourth-order valence-electron chi connectivity index (χ4n) is 1.73. The molecule has 1 aromatic heterocycles. The number of nitrogens with two attached hydrogens (primary N) is 1. The Morgan fingerprint density at radius 2 is 2.27 bits per heavy atom. The van der Waals surface area contributed by atoms with Crippen molar-refractivity contribution in [3.63, 3.8) is 0 Å². The molecule has 1 heterocycles. The van der Waals surface area contributed by atoms with Gasteiger partial charge in [-0.1, -0.05) is 0 Å². The summed E-state index contributed by atoms with van der Waals surface area (Å²) >= 11 is 0. The normalized spacial score (nSPS) is 24.4. The number of hydrogen-bond acceptors (Lipinski definition) is 3. The van der Waals surface area contributed by atoms with E-state index in [1.165, 1.54) is 0 Å². The van der Waals surface area contributed by atoms with Crippen LogP contribution in [0.25, 0.3) is 0 Å². The summed E-state index contributed by atoms with van der Waals surface area (Å²) in [4.78, 5) is 15.7. The van der Waals surface area contributed by atoms with Gasteiger partial charge in [0.2, 0.25) is 0 Å². The van der Waals surface area contributed by atoms with Crippen molar-refractivity contribution < 1.29 is 4.79 Å². The average molecular weight is 205 g/mol. The maximum Gasteiger partial charge on any atom is 0.253 e. The van der Waals surface area contributed by atoms with Gasteiger partial charge in [-0.3, -0.25) is 9.78 Å². The van der Waals surface area contributed by atoms with Crippen LogP contribution in [-0.2, 0) is 0 Å². The summed E-state index contributed by atoms with van der Waals surface area (Å²) in [6.07, 6.45) is 5.08. The van der Waals surface area contributed by atoms with E-state index in [0.717, 1.165) is 18.4 Å². The number of aromatic nitrogens is 1. The number of nitrogens with one attached hydrogen (secondary N) is 1. The molecule has 4 nitrogen and oxygen atoms in total. The molecule has 15 heavy (non-hydrogen) atoms. The molecule has 0 unspecified atom stereocenters.